The molecule has 36 heavy (non-hydrogen) atoms. The molecule has 1 unspecified atom stereocenters. The Morgan fingerprint density at radius 3 is 2.61 bits per heavy atom. The Bertz CT molecular complexity index is 1360. The molecule has 7 heteroatoms. The van der Waals surface area contributed by atoms with Gasteiger partial charge in [-0.2, -0.15) is 0 Å². The van der Waals surface area contributed by atoms with Crippen LogP contribution in [0.5, 0.6) is 23.0 Å². The highest BCUT2D eigenvalue weighted by Gasteiger charge is 2.58. The molecule has 3 aromatic carbocycles. The number of ether oxygens (including phenoxy) is 4. The molecule has 0 saturated carbocycles. The molecule has 0 aromatic heterocycles. The van der Waals surface area contributed by atoms with E-state index >= 15 is 0 Å². The first-order valence-electron chi connectivity index (χ1n) is 12.5. The van der Waals surface area contributed by atoms with E-state index in [4.69, 9.17) is 18.9 Å². The lowest BCUT2D eigenvalue weighted by atomic mass is 9.74. The summed E-state index contributed by atoms with van der Waals surface area (Å²) in [5.74, 6) is 1.58. The zero-order valence-electron chi connectivity index (χ0n) is 20.4. The first kappa shape index (κ1) is 22.7. The fourth-order valence-corrected chi connectivity index (χ4v) is 5.61. The average Bonchev–Trinajstić information content (AvgIpc) is 3.56. The molecule has 1 atom stereocenters. The topological polar surface area (TPSA) is 57.2 Å². The van der Waals surface area contributed by atoms with E-state index in [0.717, 1.165) is 41.6 Å². The Morgan fingerprint density at radius 2 is 1.83 bits per heavy atom. The van der Waals surface area contributed by atoms with Crippen molar-refractivity contribution in [3.05, 3.63) is 65.5 Å². The van der Waals surface area contributed by atoms with Crippen LogP contribution in [0, 0.1) is 5.82 Å². The number of rotatable bonds is 7. The molecular weight excluding hydrogens is 461 g/mol. The van der Waals surface area contributed by atoms with Gasteiger partial charge in [0, 0.05) is 29.4 Å². The van der Waals surface area contributed by atoms with E-state index in [2.05, 4.69) is 6.92 Å². The normalized spacial score (nSPS) is 19.0. The number of carbonyl (C=O) groups is 1. The number of nitrogens with zero attached hydrogens (tertiary/aromatic N) is 1. The molecular formula is C29H28FNO5. The first-order valence-corrected chi connectivity index (χ1v) is 12.5. The van der Waals surface area contributed by atoms with E-state index in [1.165, 1.54) is 6.07 Å². The summed E-state index contributed by atoms with van der Waals surface area (Å²) in [5.41, 5.74) is 2.88. The average molecular weight is 490 g/mol. The minimum absolute atomic E-state index is 0.0231. The van der Waals surface area contributed by atoms with Gasteiger partial charge in [-0.1, -0.05) is 38.0 Å². The molecule has 0 aliphatic carbocycles. The van der Waals surface area contributed by atoms with Crippen LogP contribution in [0.1, 0.15) is 44.2 Å². The van der Waals surface area contributed by atoms with Gasteiger partial charge < -0.3 is 23.8 Å². The molecule has 3 aromatic rings. The molecule has 0 N–H and O–H groups in total. The fourth-order valence-electron chi connectivity index (χ4n) is 5.61. The lowest BCUT2D eigenvalue weighted by Gasteiger charge is -2.24. The second kappa shape index (κ2) is 8.73. The lowest BCUT2D eigenvalue weighted by Crippen LogP contribution is -2.43. The van der Waals surface area contributed by atoms with Crippen molar-refractivity contribution in [2.45, 2.75) is 38.5 Å². The third-order valence-corrected chi connectivity index (χ3v) is 7.28. The van der Waals surface area contributed by atoms with Gasteiger partial charge in [0.1, 0.15) is 17.8 Å². The van der Waals surface area contributed by atoms with E-state index in [9.17, 15) is 9.18 Å². The van der Waals surface area contributed by atoms with Crippen molar-refractivity contribution in [3.8, 4) is 34.1 Å². The molecule has 6 nitrogen and oxygen atoms in total. The van der Waals surface area contributed by atoms with Gasteiger partial charge in [-0.25, -0.2) is 4.39 Å². The number of hydrogen-bond donors (Lipinski definition) is 0. The van der Waals surface area contributed by atoms with Gasteiger partial charge >= 0.3 is 0 Å². The van der Waals surface area contributed by atoms with Crippen LogP contribution in [-0.2, 0) is 10.2 Å². The van der Waals surface area contributed by atoms with Gasteiger partial charge in [0.25, 0.3) is 0 Å². The molecule has 0 saturated heterocycles. The van der Waals surface area contributed by atoms with Gasteiger partial charge in [-0.15, -0.1) is 0 Å². The highest BCUT2D eigenvalue weighted by Crippen LogP contribution is 2.57. The molecule has 186 valence electrons. The van der Waals surface area contributed by atoms with E-state index in [1.54, 1.807) is 12.1 Å². The van der Waals surface area contributed by atoms with Crippen LogP contribution in [-0.4, -0.2) is 32.5 Å². The number of benzene rings is 3. The third-order valence-electron chi connectivity index (χ3n) is 7.28. The van der Waals surface area contributed by atoms with Crippen LogP contribution >= 0.6 is 0 Å². The lowest BCUT2D eigenvalue weighted by molar-refractivity contribution is -0.122. The Labute approximate surface area is 209 Å². The van der Waals surface area contributed by atoms with Crippen molar-refractivity contribution < 1.29 is 28.1 Å². The highest BCUT2D eigenvalue weighted by atomic mass is 19.1. The van der Waals surface area contributed by atoms with Crippen LogP contribution in [0.4, 0.5) is 10.1 Å². The molecule has 3 heterocycles. The number of anilines is 1. The number of hydrogen-bond acceptors (Lipinski definition) is 5. The number of unbranched alkanes of at least 4 members (excludes halogenated alkanes) is 2. The summed E-state index contributed by atoms with van der Waals surface area (Å²) >= 11 is 0. The number of amides is 1. The smallest absolute Gasteiger partial charge is 0.245 e. The Hall–Kier alpha value is -3.74. The van der Waals surface area contributed by atoms with Crippen molar-refractivity contribution in [1.29, 1.82) is 0 Å². The summed E-state index contributed by atoms with van der Waals surface area (Å²) in [7, 11) is 0. The molecule has 3 aliphatic rings. The summed E-state index contributed by atoms with van der Waals surface area (Å²) in [4.78, 5) is 16.2. The molecule has 3 aliphatic heterocycles. The minimum atomic E-state index is -1.05. The van der Waals surface area contributed by atoms with Crippen LogP contribution < -0.4 is 23.8 Å². The highest BCUT2D eigenvalue weighted by molar-refractivity contribution is 6.13. The van der Waals surface area contributed by atoms with Crippen molar-refractivity contribution >= 4 is 11.6 Å². The van der Waals surface area contributed by atoms with E-state index in [0.29, 0.717) is 36.0 Å². The summed E-state index contributed by atoms with van der Waals surface area (Å²) in [6, 6.07) is 14.5. The molecule has 6 rings (SSSR count). The van der Waals surface area contributed by atoms with Crippen molar-refractivity contribution in [3.63, 3.8) is 0 Å². The summed E-state index contributed by atoms with van der Waals surface area (Å²) < 4.78 is 37.7. The number of fused-ring (bicyclic) bond motifs is 5. The van der Waals surface area contributed by atoms with E-state index in [1.807, 2.05) is 42.2 Å². The fraction of sp³-hybridized carbons (Fsp3) is 0.345. The second-order valence-corrected chi connectivity index (χ2v) is 9.34. The monoisotopic (exact) mass is 489 g/mol. The van der Waals surface area contributed by atoms with Crippen molar-refractivity contribution in [2.24, 2.45) is 0 Å². The van der Waals surface area contributed by atoms with Crippen molar-refractivity contribution in [2.75, 3.05) is 31.5 Å². The molecule has 0 radical (unpaired) electrons. The maximum Gasteiger partial charge on any atom is 0.245 e. The summed E-state index contributed by atoms with van der Waals surface area (Å²) in [5, 5.41) is 0. The van der Waals surface area contributed by atoms with Gasteiger partial charge in [0.05, 0.1) is 6.61 Å². The maximum absolute atomic E-state index is 14.9. The molecule has 1 amide bonds. The Balaban J connectivity index is 1.55. The summed E-state index contributed by atoms with van der Waals surface area (Å²) in [6.07, 6.45) is 2.98. The minimum Gasteiger partial charge on any atom is -0.491 e. The van der Waals surface area contributed by atoms with Gasteiger partial charge in [-0.05, 0) is 48.7 Å². The zero-order valence-corrected chi connectivity index (χ0v) is 20.4. The largest absolute Gasteiger partial charge is 0.491 e. The Morgan fingerprint density at radius 1 is 1.00 bits per heavy atom. The van der Waals surface area contributed by atoms with Gasteiger partial charge in [0.15, 0.2) is 23.1 Å². The SMILES string of the molecule is CCCCCN1C(=O)C2(COc3cc4c(cc32)OCO4)c2c(-c3ccc(OCC)c(F)c3)cccc21. The zero-order chi connectivity index (χ0) is 24.9. The first-order chi connectivity index (χ1) is 17.6. The number of halogens is 1. The predicted octanol–water partition coefficient (Wildman–Crippen LogP) is 5.84. The molecule has 0 bridgehead atoms. The predicted molar refractivity (Wildman–Crippen MR) is 134 cm³/mol. The van der Waals surface area contributed by atoms with Gasteiger partial charge in [-0.3, -0.25) is 4.79 Å². The van der Waals surface area contributed by atoms with Crippen LogP contribution in [0.3, 0.4) is 0 Å². The molecule has 1 spiro atoms. The summed E-state index contributed by atoms with van der Waals surface area (Å²) in [6.45, 7) is 5.26. The molecule has 0 fully saturated rings. The quantitative estimate of drug-likeness (QED) is 0.391. The Kier molecular flexibility index (Phi) is 5.51. The van der Waals surface area contributed by atoms with Gasteiger partial charge in [0.2, 0.25) is 12.7 Å². The number of carbonyl (C=O) groups excluding carboxylic acids is 1. The second-order valence-electron chi connectivity index (χ2n) is 9.34. The van der Waals surface area contributed by atoms with Crippen molar-refractivity contribution in [1.82, 2.24) is 0 Å². The van der Waals surface area contributed by atoms with E-state index in [-0.39, 0.29) is 25.1 Å². The van der Waals surface area contributed by atoms with Crippen LogP contribution in [0.25, 0.3) is 11.1 Å². The maximum atomic E-state index is 14.9. The van der Waals surface area contributed by atoms with Crippen LogP contribution in [0.2, 0.25) is 0 Å². The van der Waals surface area contributed by atoms with Crippen LogP contribution in [0.15, 0.2) is 48.5 Å². The van der Waals surface area contributed by atoms with E-state index < -0.39 is 11.2 Å². The third kappa shape index (κ3) is 3.25. The standard InChI is InChI=1S/C29H28FNO5/c1-3-5-6-12-31-22-9-7-8-19(18-10-11-23(33-4-2)21(30)13-18)27(22)29(28(31)32)16-34-24-15-26-25(14-20(24)29)35-17-36-26/h7-11,13-15H,3-6,12,16-17H2,1-2H3.